The lowest BCUT2D eigenvalue weighted by atomic mass is 10.3. The largest absolute Gasteiger partial charge is 0.357 e. The Balaban J connectivity index is 1.80. The SMILES string of the molecule is O=C(Nc1cc(Cl)ccc1Cl)c1cc(N2CCCC2)ncn1. The van der Waals surface area contributed by atoms with E-state index in [1.807, 2.05) is 0 Å². The first-order valence-corrected chi connectivity index (χ1v) is 7.72. The molecule has 0 atom stereocenters. The predicted octanol–water partition coefficient (Wildman–Crippen LogP) is 3.64. The van der Waals surface area contributed by atoms with Gasteiger partial charge in [-0.1, -0.05) is 23.2 Å². The number of halogens is 2. The number of rotatable bonds is 3. The highest BCUT2D eigenvalue weighted by Crippen LogP contribution is 2.26. The molecular weight excluding hydrogens is 323 g/mol. The first-order valence-electron chi connectivity index (χ1n) is 6.97. The summed E-state index contributed by atoms with van der Waals surface area (Å²) in [5.74, 6) is 0.432. The highest BCUT2D eigenvalue weighted by molar-refractivity contribution is 6.35. The number of carbonyl (C=O) groups is 1. The van der Waals surface area contributed by atoms with Crippen molar-refractivity contribution in [2.24, 2.45) is 0 Å². The van der Waals surface area contributed by atoms with Crippen LogP contribution in [-0.2, 0) is 0 Å². The second-order valence-corrected chi connectivity index (χ2v) is 5.88. The van der Waals surface area contributed by atoms with E-state index in [-0.39, 0.29) is 5.91 Å². The third-order valence-corrected chi connectivity index (χ3v) is 4.06. The van der Waals surface area contributed by atoms with E-state index in [1.165, 1.54) is 6.33 Å². The normalized spacial score (nSPS) is 14.2. The van der Waals surface area contributed by atoms with Crippen LogP contribution in [0.3, 0.4) is 0 Å². The van der Waals surface area contributed by atoms with Crippen molar-refractivity contribution >= 4 is 40.6 Å². The molecule has 0 spiro atoms. The Bertz CT molecular complexity index is 702. The maximum Gasteiger partial charge on any atom is 0.274 e. The second kappa shape index (κ2) is 6.50. The number of carbonyl (C=O) groups excluding carboxylic acids is 1. The summed E-state index contributed by atoms with van der Waals surface area (Å²) in [6.45, 7) is 1.91. The number of aromatic nitrogens is 2. The van der Waals surface area contributed by atoms with Crippen LogP contribution in [0.25, 0.3) is 0 Å². The van der Waals surface area contributed by atoms with Crippen LogP contribution in [0.1, 0.15) is 23.3 Å². The van der Waals surface area contributed by atoms with Crippen molar-refractivity contribution in [2.45, 2.75) is 12.8 Å². The van der Waals surface area contributed by atoms with Gasteiger partial charge < -0.3 is 10.2 Å². The number of hydrogen-bond donors (Lipinski definition) is 1. The summed E-state index contributed by atoms with van der Waals surface area (Å²) in [5.41, 5.74) is 0.758. The van der Waals surface area contributed by atoms with E-state index in [2.05, 4.69) is 20.2 Å². The van der Waals surface area contributed by atoms with Gasteiger partial charge in [0.15, 0.2) is 0 Å². The van der Waals surface area contributed by atoms with Crippen molar-refractivity contribution in [3.8, 4) is 0 Å². The summed E-state index contributed by atoms with van der Waals surface area (Å²) >= 11 is 12.0. The minimum atomic E-state index is -0.341. The third kappa shape index (κ3) is 3.31. The zero-order chi connectivity index (χ0) is 15.5. The lowest BCUT2D eigenvalue weighted by Gasteiger charge is -2.16. The quantitative estimate of drug-likeness (QED) is 0.929. The van der Waals surface area contributed by atoms with Gasteiger partial charge in [0.25, 0.3) is 5.91 Å². The number of hydrogen-bond acceptors (Lipinski definition) is 4. The Morgan fingerprint density at radius 3 is 2.68 bits per heavy atom. The Hall–Kier alpha value is -1.85. The molecule has 0 aliphatic carbocycles. The van der Waals surface area contributed by atoms with Gasteiger partial charge in [0.2, 0.25) is 0 Å². The van der Waals surface area contributed by atoms with Crippen molar-refractivity contribution in [3.05, 3.63) is 46.3 Å². The van der Waals surface area contributed by atoms with Crippen LogP contribution >= 0.6 is 23.2 Å². The standard InChI is InChI=1S/C15H14Cl2N4O/c16-10-3-4-11(17)12(7-10)20-15(22)13-8-14(19-9-18-13)21-5-1-2-6-21/h3-4,7-9H,1-2,5-6H2,(H,20,22). The maximum atomic E-state index is 12.3. The van der Waals surface area contributed by atoms with Crippen molar-refractivity contribution in [1.82, 2.24) is 9.97 Å². The molecule has 2 heterocycles. The summed E-state index contributed by atoms with van der Waals surface area (Å²) in [7, 11) is 0. The van der Waals surface area contributed by atoms with Gasteiger partial charge in [-0.05, 0) is 31.0 Å². The molecule has 3 rings (SSSR count). The minimum absolute atomic E-state index is 0.299. The van der Waals surface area contributed by atoms with Gasteiger partial charge in [-0.2, -0.15) is 0 Å². The number of anilines is 2. The number of nitrogens with one attached hydrogen (secondary N) is 1. The highest BCUT2D eigenvalue weighted by atomic mass is 35.5. The van der Waals surface area contributed by atoms with Gasteiger partial charge in [0.1, 0.15) is 17.8 Å². The third-order valence-electron chi connectivity index (χ3n) is 3.49. The molecule has 1 saturated heterocycles. The molecule has 0 unspecified atom stereocenters. The van der Waals surface area contributed by atoms with Crippen molar-refractivity contribution < 1.29 is 4.79 Å². The average Bonchev–Trinajstić information content (AvgIpc) is 3.05. The van der Waals surface area contributed by atoms with Crippen LogP contribution < -0.4 is 10.2 Å². The molecule has 1 amide bonds. The van der Waals surface area contributed by atoms with Crippen LogP contribution in [0.15, 0.2) is 30.6 Å². The van der Waals surface area contributed by atoms with E-state index >= 15 is 0 Å². The van der Waals surface area contributed by atoms with E-state index < -0.39 is 0 Å². The Kier molecular flexibility index (Phi) is 4.45. The van der Waals surface area contributed by atoms with Crippen LogP contribution in [0.2, 0.25) is 10.0 Å². The van der Waals surface area contributed by atoms with E-state index in [9.17, 15) is 4.79 Å². The topological polar surface area (TPSA) is 58.1 Å². The molecule has 2 aromatic rings. The van der Waals surface area contributed by atoms with Gasteiger partial charge in [-0.25, -0.2) is 9.97 Å². The van der Waals surface area contributed by atoms with Crippen molar-refractivity contribution in [2.75, 3.05) is 23.3 Å². The van der Waals surface area contributed by atoms with Crippen LogP contribution in [0.4, 0.5) is 11.5 Å². The maximum absolute atomic E-state index is 12.3. The molecule has 1 aliphatic heterocycles. The molecule has 22 heavy (non-hydrogen) atoms. The Morgan fingerprint density at radius 1 is 1.14 bits per heavy atom. The smallest absolute Gasteiger partial charge is 0.274 e. The molecule has 0 saturated carbocycles. The van der Waals surface area contributed by atoms with Gasteiger partial charge in [0, 0.05) is 24.2 Å². The van der Waals surface area contributed by atoms with Crippen LogP contribution in [-0.4, -0.2) is 29.0 Å². The molecule has 1 fully saturated rings. The molecular formula is C15H14Cl2N4O. The van der Waals surface area contributed by atoms with E-state index in [0.29, 0.717) is 21.4 Å². The van der Waals surface area contributed by atoms with Crippen molar-refractivity contribution in [3.63, 3.8) is 0 Å². The second-order valence-electron chi connectivity index (χ2n) is 5.03. The van der Waals surface area contributed by atoms with Gasteiger partial charge in [-0.3, -0.25) is 4.79 Å². The van der Waals surface area contributed by atoms with E-state index in [1.54, 1.807) is 24.3 Å². The average molecular weight is 337 g/mol. The molecule has 1 N–H and O–H groups in total. The zero-order valence-corrected chi connectivity index (χ0v) is 13.2. The van der Waals surface area contributed by atoms with Crippen LogP contribution in [0, 0.1) is 0 Å². The number of benzene rings is 1. The lowest BCUT2D eigenvalue weighted by molar-refractivity contribution is 0.102. The lowest BCUT2D eigenvalue weighted by Crippen LogP contribution is -2.21. The van der Waals surface area contributed by atoms with E-state index in [0.717, 1.165) is 31.7 Å². The summed E-state index contributed by atoms with van der Waals surface area (Å²) in [5, 5.41) is 3.64. The van der Waals surface area contributed by atoms with Crippen molar-refractivity contribution in [1.29, 1.82) is 0 Å². The summed E-state index contributed by atoms with van der Waals surface area (Å²) in [6, 6.07) is 6.59. The highest BCUT2D eigenvalue weighted by Gasteiger charge is 2.17. The molecule has 0 bridgehead atoms. The monoisotopic (exact) mass is 336 g/mol. The summed E-state index contributed by atoms with van der Waals surface area (Å²) < 4.78 is 0. The molecule has 114 valence electrons. The molecule has 1 aromatic carbocycles. The Morgan fingerprint density at radius 2 is 1.91 bits per heavy atom. The van der Waals surface area contributed by atoms with E-state index in [4.69, 9.17) is 23.2 Å². The van der Waals surface area contributed by atoms with Crippen LogP contribution in [0.5, 0.6) is 0 Å². The Labute approximate surface area is 138 Å². The summed E-state index contributed by atoms with van der Waals surface area (Å²) in [4.78, 5) is 22.7. The van der Waals surface area contributed by atoms with Gasteiger partial charge >= 0.3 is 0 Å². The molecule has 1 aromatic heterocycles. The number of nitrogens with zero attached hydrogens (tertiary/aromatic N) is 3. The van der Waals surface area contributed by atoms with Gasteiger partial charge in [-0.15, -0.1) is 0 Å². The fraction of sp³-hybridized carbons (Fsp3) is 0.267. The van der Waals surface area contributed by atoms with Gasteiger partial charge in [0.05, 0.1) is 10.7 Å². The first-order chi connectivity index (χ1) is 10.6. The number of amides is 1. The zero-order valence-electron chi connectivity index (χ0n) is 11.7. The fourth-order valence-corrected chi connectivity index (χ4v) is 2.71. The minimum Gasteiger partial charge on any atom is -0.357 e. The first kappa shape index (κ1) is 15.1. The fourth-order valence-electron chi connectivity index (χ4n) is 2.37. The molecule has 1 aliphatic rings. The molecule has 5 nitrogen and oxygen atoms in total. The summed E-state index contributed by atoms with van der Waals surface area (Å²) in [6.07, 6.45) is 3.69. The molecule has 0 radical (unpaired) electrons. The molecule has 7 heteroatoms. The predicted molar refractivity (Wildman–Crippen MR) is 87.9 cm³/mol.